The van der Waals surface area contributed by atoms with Gasteiger partial charge in [0.15, 0.2) is 0 Å². The van der Waals surface area contributed by atoms with Crippen LogP contribution < -0.4 is 10.9 Å². The number of nitrogens with one attached hydrogen (secondary N) is 2. The number of halogens is 1. The van der Waals surface area contributed by atoms with Crippen molar-refractivity contribution < 1.29 is 14.0 Å². The first-order chi connectivity index (χ1) is 14.5. The SMILES string of the molecule is O=C(c1ccc(=O)[nH]c1)N1CC[C@]2(C(=O)Nc3ccccc32)[C@@H]1c1ccc(F)cc1. The van der Waals surface area contributed by atoms with E-state index >= 15 is 0 Å². The van der Waals surface area contributed by atoms with Crippen molar-refractivity contribution in [2.24, 2.45) is 0 Å². The number of fused-ring (bicyclic) bond motifs is 2. The monoisotopic (exact) mass is 403 g/mol. The van der Waals surface area contributed by atoms with Crippen LogP contribution in [0, 0.1) is 5.82 Å². The first kappa shape index (κ1) is 18.3. The van der Waals surface area contributed by atoms with Crippen LogP contribution in [-0.2, 0) is 10.2 Å². The summed E-state index contributed by atoms with van der Waals surface area (Å²) in [7, 11) is 0. The van der Waals surface area contributed by atoms with Crippen LogP contribution in [0.25, 0.3) is 0 Å². The van der Waals surface area contributed by atoms with Crippen LogP contribution in [-0.4, -0.2) is 28.2 Å². The lowest BCUT2D eigenvalue weighted by molar-refractivity contribution is -0.121. The average molecular weight is 403 g/mol. The van der Waals surface area contributed by atoms with E-state index in [1.807, 2.05) is 24.3 Å². The van der Waals surface area contributed by atoms with Gasteiger partial charge in [0.1, 0.15) is 11.2 Å². The molecule has 7 heteroatoms. The van der Waals surface area contributed by atoms with Gasteiger partial charge in [-0.05, 0) is 41.8 Å². The smallest absolute Gasteiger partial charge is 0.255 e. The number of para-hydroxylation sites is 1. The lowest BCUT2D eigenvalue weighted by Gasteiger charge is -2.34. The summed E-state index contributed by atoms with van der Waals surface area (Å²) in [5, 5.41) is 2.95. The Balaban J connectivity index is 1.67. The molecule has 5 rings (SSSR count). The normalized spacial score (nSPS) is 22.2. The minimum absolute atomic E-state index is 0.171. The van der Waals surface area contributed by atoms with Gasteiger partial charge in [0.25, 0.3) is 5.91 Å². The molecule has 0 aliphatic carbocycles. The van der Waals surface area contributed by atoms with Gasteiger partial charge in [-0.2, -0.15) is 0 Å². The standard InChI is InChI=1S/C23H18FN3O3/c24-16-8-5-14(6-9-16)20-23(17-3-1-2-4-18(17)26-22(23)30)11-12-27(20)21(29)15-7-10-19(28)25-13-15/h1-10,13,20H,11-12H2,(H,25,28)(H,26,30)/t20-,23+/m0/s1. The Morgan fingerprint density at radius 3 is 2.53 bits per heavy atom. The van der Waals surface area contributed by atoms with Gasteiger partial charge in [-0.15, -0.1) is 0 Å². The van der Waals surface area contributed by atoms with E-state index in [4.69, 9.17) is 0 Å². The average Bonchev–Trinajstić information content (AvgIpc) is 3.28. The first-order valence-electron chi connectivity index (χ1n) is 9.67. The van der Waals surface area contributed by atoms with Crippen molar-refractivity contribution in [2.75, 3.05) is 11.9 Å². The largest absolute Gasteiger partial charge is 0.330 e. The number of carbonyl (C=O) groups is 2. The highest BCUT2D eigenvalue weighted by Gasteiger charge is 2.59. The number of anilines is 1. The van der Waals surface area contributed by atoms with Gasteiger partial charge >= 0.3 is 0 Å². The van der Waals surface area contributed by atoms with Crippen molar-refractivity contribution in [1.82, 2.24) is 9.88 Å². The molecule has 3 heterocycles. The summed E-state index contributed by atoms with van der Waals surface area (Å²) in [6, 6.07) is 15.5. The molecule has 0 unspecified atom stereocenters. The Morgan fingerprint density at radius 2 is 1.80 bits per heavy atom. The molecule has 6 nitrogen and oxygen atoms in total. The van der Waals surface area contributed by atoms with Gasteiger partial charge in [0.2, 0.25) is 11.5 Å². The molecule has 1 fully saturated rings. The lowest BCUT2D eigenvalue weighted by atomic mass is 9.72. The number of H-pyrrole nitrogens is 1. The molecule has 2 amide bonds. The number of nitrogens with zero attached hydrogens (tertiary/aromatic N) is 1. The number of pyridine rings is 1. The van der Waals surface area contributed by atoms with Crippen LogP contribution in [0.4, 0.5) is 10.1 Å². The Bertz CT molecular complexity index is 1200. The fraction of sp³-hybridized carbons (Fsp3) is 0.174. The number of benzene rings is 2. The molecule has 30 heavy (non-hydrogen) atoms. The van der Waals surface area contributed by atoms with E-state index in [-0.39, 0.29) is 23.2 Å². The van der Waals surface area contributed by atoms with Crippen molar-refractivity contribution in [3.8, 4) is 0 Å². The Labute approximate surface area is 171 Å². The zero-order valence-corrected chi connectivity index (χ0v) is 15.9. The Hall–Kier alpha value is -3.74. The minimum atomic E-state index is -0.966. The quantitative estimate of drug-likeness (QED) is 0.690. The minimum Gasteiger partial charge on any atom is -0.330 e. The number of hydrogen-bond acceptors (Lipinski definition) is 3. The fourth-order valence-electron chi connectivity index (χ4n) is 4.72. The zero-order valence-electron chi connectivity index (χ0n) is 15.9. The van der Waals surface area contributed by atoms with Crippen molar-refractivity contribution in [1.29, 1.82) is 0 Å². The fourth-order valence-corrected chi connectivity index (χ4v) is 4.72. The summed E-state index contributed by atoms with van der Waals surface area (Å²) >= 11 is 0. The third-order valence-electron chi connectivity index (χ3n) is 6.06. The highest BCUT2D eigenvalue weighted by molar-refractivity contribution is 6.08. The molecule has 1 spiro atoms. The van der Waals surface area contributed by atoms with Crippen LogP contribution in [0.3, 0.4) is 0 Å². The van der Waals surface area contributed by atoms with E-state index < -0.39 is 11.5 Å². The molecule has 3 aromatic rings. The second kappa shape index (κ2) is 6.66. The first-order valence-corrected chi connectivity index (χ1v) is 9.67. The van der Waals surface area contributed by atoms with E-state index in [1.165, 1.54) is 30.5 Å². The second-order valence-corrected chi connectivity index (χ2v) is 7.62. The van der Waals surface area contributed by atoms with E-state index in [2.05, 4.69) is 10.3 Å². The van der Waals surface area contributed by atoms with Crippen LogP contribution >= 0.6 is 0 Å². The van der Waals surface area contributed by atoms with Crippen LogP contribution in [0.5, 0.6) is 0 Å². The number of amides is 2. The number of aromatic nitrogens is 1. The zero-order chi connectivity index (χ0) is 20.9. The van der Waals surface area contributed by atoms with Crippen molar-refractivity contribution in [2.45, 2.75) is 17.9 Å². The van der Waals surface area contributed by atoms with E-state index in [0.29, 0.717) is 24.1 Å². The van der Waals surface area contributed by atoms with Crippen LogP contribution in [0.15, 0.2) is 71.7 Å². The number of aromatic amines is 1. The molecule has 2 aromatic carbocycles. The van der Waals surface area contributed by atoms with Crippen molar-refractivity contribution in [3.05, 3.63) is 99.7 Å². The second-order valence-electron chi connectivity index (χ2n) is 7.62. The molecular weight excluding hydrogens is 385 g/mol. The number of hydrogen-bond donors (Lipinski definition) is 2. The maximum absolute atomic E-state index is 13.6. The molecule has 0 bridgehead atoms. The molecule has 2 aliphatic heterocycles. The summed E-state index contributed by atoms with van der Waals surface area (Å²) in [5.41, 5.74) is 1.30. The molecular formula is C23H18FN3O3. The molecule has 1 aromatic heterocycles. The lowest BCUT2D eigenvalue weighted by Crippen LogP contribution is -2.42. The summed E-state index contributed by atoms with van der Waals surface area (Å²) in [6.07, 6.45) is 1.81. The summed E-state index contributed by atoms with van der Waals surface area (Å²) in [6.45, 7) is 0.349. The van der Waals surface area contributed by atoms with Crippen molar-refractivity contribution in [3.63, 3.8) is 0 Å². The van der Waals surface area contributed by atoms with Crippen molar-refractivity contribution >= 4 is 17.5 Å². The van der Waals surface area contributed by atoms with E-state index in [0.717, 1.165) is 11.3 Å². The van der Waals surface area contributed by atoms with Gasteiger partial charge in [-0.3, -0.25) is 14.4 Å². The molecule has 2 atom stereocenters. The van der Waals surface area contributed by atoms with Gasteiger partial charge in [0, 0.05) is 24.5 Å². The third kappa shape index (κ3) is 2.58. The Morgan fingerprint density at radius 1 is 1.03 bits per heavy atom. The maximum Gasteiger partial charge on any atom is 0.255 e. The predicted molar refractivity (Wildman–Crippen MR) is 109 cm³/mol. The highest BCUT2D eigenvalue weighted by atomic mass is 19.1. The third-order valence-corrected chi connectivity index (χ3v) is 6.06. The molecule has 0 radical (unpaired) electrons. The number of likely N-dealkylation sites (tertiary alicyclic amines) is 1. The van der Waals surface area contributed by atoms with Gasteiger partial charge in [-0.25, -0.2) is 4.39 Å². The van der Waals surface area contributed by atoms with E-state index in [9.17, 15) is 18.8 Å². The summed E-state index contributed by atoms with van der Waals surface area (Å²) in [5.74, 6) is -0.856. The van der Waals surface area contributed by atoms with Gasteiger partial charge < -0.3 is 15.2 Å². The molecule has 2 N–H and O–H groups in total. The van der Waals surface area contributed by atoms with E-state index in [1.54, 1.807) is 17.0 Å². The number of rotatable bonds is 2. The highest BCUT2D eigenvalue weighted by Crippen LogP contribution is 2.54. The molecule has 0 saturated carbocycles. The molecule has 2 aliphatic rings. The van der Waals surface area contributed by atoms with Crippen LogP contribution in [0.1, 0.15) is 33.9 Å². The maximum atomic E-state index is 13.6. The Kier molecular flexibility index (Phi) is 4.06. The number of carbonyl (C=O) groups excluding carboxylic acids is 2. The summed E-state index contributed by atoms with van der Waals surface area (Å²) < 4.78 is 13.6. The summed E-state index contributed by atoms with van der Waals surface area (Å²) in [4.78, 5) is 42.2. The van der Waals surface area contributed by atoms with Gasteiger partial charge in [0.05, 0.1) is 11.6 Å². The molecule has 1 saturated heterocycles. The van der Waals surface area contributed by atoms with Crippen LogP contribution in [0.2, 0.25) is 0 Å². The van der Waals surface area contributed by atoms with Gasteiger partial charge in [-0.1, -0.05) is 30.3 Å². The molecule has 150 valence electrons. The predicted octanol–water partition coefficient (Wildman–Crippen LogP) is 2.99. The topological polar surface area (TPSA) is 82.3 Å².